The average molecular weight is 895 g/mol. The number of hydrogen-bond acceptors (Lipinski definition) is 3. The first-order valence-corrected chi connectivity index (χ1v) is 24.3. The summed E-state index contributed by atoms with van der Waals surface area (Å²) in [5.74, 6) is 6.05. The molecule has 49 heavy (non-hydrogen) atoms. The quantitative estimate of drug-likeness (QED) is 0.107. The zero-order valence-corrected chi connectivity index (χ0v) is 34.9. The Bertz CT molecular complexity index is 2210. The number of nitrogens with zero attached hydrogens (tertiary/aromatic N) is 2. The molecule has 3 aromatic carbocycles. The third-order valence-corrected chi connectivity index (χ3v) is 12.6. The largest absolute Gasteiger partial charge is 0.501 e. The second-order valence-electron chi connectivity index (χ2n) is 14.4. The van der Waals surface area contributed by atoms with Crippen LogP contribution in [0.4, 0.5) is 0 Å². The third kappa shape index (κ3) is 9.60. The summed E-state index contributed by atoms with van der Waals surface area (Å²) >= 11 is -2.20. The molecule has 0 aliphatic carbocycles. The van der Waals surface area contributed by atoms with Crippen LogP contribution < -0.4 is 4.40 Å². The molecule has 0 N–H and O–H groups in total. The summed E-state index contributed by atoms with van der Waals surface area (Å²) < 4.78 is 50.1. The van der Waals surface area contributed by atoms with Gasteiger partial charge < -0.3 is 9.40 Å². The molecule has 0 saturated carbocycles. The van der Waals surface area contributed by atoms with Crippen LogP contribution in [0.1, 0.15) is 77.9 Å². The summed E-state index contributed by atoms with van der Waals surface area (Å²) in [6.45, 7) is 13.7. The van der Waals surface area contributed by atoms with Gasteiger partial charge in [-0.3, -0.25) is 0 Å². The van der Waals surface area contributed by atoms with E-state index >= 15 is 0 Å². The molecular formula is C44H52GeIrN2O-2. The molecule has 1 radical (unpaired) electrons. The van der Waals surface area contributed by atoms with E-state index in [0.717, 1.165) is 48.8 Å². The fraction of sp³-hybridized carbons (Fsp3) is 0.364. The first kappa shape index (κ1) is 31.9. The number of aromatic nitrogens is 2. The van der Waals surface area contributed by atoms with E-state index in [1.165, 1.54) is 0 Å². The first-order valence-electron chi connectivity index (χ1n) is 19.5. The molecule has 6 rings (SSSR count). The number of fused-ring (bicyclic) bond motifs is 3. The SMILES string of the molecule is [2H]C([2H])(c1cc(-c2[c-]cccc2)nc[c]1[Ge]([CH3])([CH3])[CH3])C(C)C.[2H]C([2H])(c1ccc2c(c1)oc1c(-c3cc(C([2H])(C)C(C)C)ccn3)[c-]ccc12)C(C)C.[Ir]. The maximum atomic E-state index is 8.75. The molecule has 0 saturated heterocycles. The molecule has 0 aliphatic rings. The van der Waals surface area contributed by atoms with E-state index in [-0.39, 0.29) is 37.9 Å². The monoisotopic (exact) mass is 896 g/mol. The van der Waals surface area contributed by atoms with Gasteiger partial charge in [0.2, 0.25) is 0 Å². The van der Waals surface area contributed by atoms with Crippen LogP contribution in [0.5, 0.6) is 0 Å². The number of benzene rings is 3. The number of rotatable bonds is 9. The molecule has 0 amide bonds. The Kier molecular flexibility index (Phi) is 10.9. The van der Waals surface area contributed by atoms with Gasteiger partial charge in [0.25, 0.3) is 0 Å². The van der Waals surface area contributed by atoms with E-state index in [9.17, 15) is 0 Å². The second kappa shape index (κ2) is 16.8. The van der Waals surface area contributed by atoms with Crippen LogP contribution in [0.3, 0.4) is 0 Å². The molecule has 3 aromatic heterocycles. The van der Waals surface area contributed by atoms with Crippen LogP contribution in [0.15, 0.2) is 89.6 Å². The molecule has 3 nitrogen and oxygen atoms in total. The maximum Gasteiger partial charge on any atom is 0.121 e. The summed E-state index contributed by atoms with van der Waals surface area (Å²) in [4.78, 5) is 9.15. The molecule has 0 fully saturated rings. The maximum absolute atomic E-state index is 8.75. The van der Waals surface area contributed by atoms with Crippen LogP contribution >= 0.6 is 0 Å². The van der Waals surface area contributed by atoms with Gasteiger partial charge in [-0.15, -0.1) is 18.2 Å². The fourth-order valence-electron chi connectivity index (χ4n) is 5.68. The number of hydrogen-bond donors (Lipinski definition) is 0. The van der Waals surface area contributed by atoms with E-state index in [4.69, 9.17) is 11.3 Å². The molecule has 1 unspecified atom stereocenters. The Hall–Kier alpha value is -3.05. The first-order chi connectivity index (χ1) is 24.7. The number of pyridine rings is 2. The molecule has 3 heterocycles. The summed E-state index contributed by atoms with van der Waals surface area (Å²) in [6, 6.07) is 29.4. The van der Waals surface area contributed by atoms with Crippen molar-refractivity contribution in [3.63, 3.8) is 0 Å². The zero-order valence-electron chi connectivity index (χ0n) is 35.5. The molecule has 0 aliphatic heterocycles. The van der Waals surface area contributed by atoms with Crippen LogP contribution in [-0.2, 0) is 32.9 Å². The zero-order chi connectivity index (χ0) is 39.1. The van der Waals surface area contributed by atoms with Crippen LogP contribution in [0.2, 0.25) is 17.3 Å². The summed E-state index contributed by atoms with van der Waals surface area (Å²) in [6.07, 6.45) is 0.865. The van der Waals surface area contributed by atoms with Gasteiger partial charge in [-0.2, -0.15) is 0 Å². The second-order valence-corrected chi connectivity index (χ2v) is 25.0. The average Bonchev–Trinajstić information content (AvgIpc) is 3.50. The van der Waals surface area contributed by atoms with Crippen molar-refractivity contribution in [2.75, 3.05) is 0 Å². The van der Waals surface area contributed by atoms with Crippen LogP contribution in [-0.4, -0.2) is 23.2 Å². The minimum absolute atomic E-state index is 0. The van der Waals surface area contributed by atoms with E-state index in [1.54, 1.807) is 6.20 Å². The summed E-state index contributed by atoms with van der Waals surface area (Å²) in [5, 5.41) is 1.89. The van der Waals surface area contributed by atoms with Crippen molar-refractivity contribution in [1.82, 2.24) is 9.97 Å². The summed E-state index contributed by atoms with van der Waals surface area (Å²) in [5.41, 5.74) is 6.86. The molecule has 1 atom stereocenters. The Balaban J connectivity index is 0.000000250. The Labute approximate surface area is 318 Å². The predicted octanol–water partition coefficient (Wildman–Crippen LogP) is 11.7. The minimum Gasteiger partial charge on any atom is -0.501 e. The van der Waals surface area contributed by atoms with E-state index < -0.39 is 31.9 Å². The van der Waals surface area contributed by atoms with Crippen LogP contribution in [0.25, 0.3) is 44.5 Å². The molecule has 0 spiro atoms. The molecular weight excluding hydrogens is 837 g/mol. The molecule has 259 valence electrons. The Morgan fingerprint density at radius 2 is 1.55 bits per heavy atom. The van der Waals surface area contributed by atoms with Crippen molar-refractivity contribution >= 4 is 39.6 Å². The van der Waals surface area contributed by atoms with Gasteiger partial charge in [0.1, 0.15) is 5.58 Å². The van der Waals surface area contributed by atoms with Crippen molar-refractivity contribution in [1.29, 1.82) is 0 Å². The van der Waals surface area contributed by atoms with Crippen LogP contribution in [0, 0.1) is 29.9 Å². The Morgan fingerprint density at radius 1 is 0.796 bits per heavy atom. The number of furan rings is 1. The van der Waals surface area contributed by atoms with Crippen molar-refractivity contribution in [3.05, 3.63) is 114 Å². The van der Waals surface area contributed by atoms with Crippen molar-refractivity contribution in [2.24, 2.45) is 17.8 Å². The summed E-state index contributed by atoms with van der Waals surface area (Å²) in [7, 11) is 0. The Morgan fingerprint density at radius 3 is 2.20 bits per heavy atom. The van der Waals surface area contributed by atoms with Gasteiger partial charge in [0.15, 0.2) is 0 Å². The van der Waals surface area contributed by atoms with Crippen molar-refractivity contribution < 1.29 is 31.4 Å². The topological polar surface area (TPSA) is 38.9 Å². The molecule has 6 aromatic rings. The van der Waals surface area contributed by atoms with Gasteiger partial charge in [0.05, 0.1) is 5.58 Å². The molecule has 0 bridgehead atoms. The van der Waals surface area contributed by atoms with Crippen molar-refractivity contribution in [3.8, 4) is 22.5 Å². The van der Waals surface area contributed by atoms with Gasteiger partial charge in [-0.25, -0.2) is 0 Å². The standard InChI is InChI=1S/C26H28NO.C18H24GeN.Ir/c1-16(2)13-19-9-10-21-22-7-6-8-23(26(22)28-25(21)14-19)24-15-20(11-12-27-24)18(5)17(3)4;1-14(2)11-16-12-18(15-9-7-6-8-10-15)20-13-17(16)19(3,4)5;/h6-7,9-12,14-18H,13H2,1-5H3;6-9,12-14H,11H2,1-5H3;/q2*-1;/i13D2,18D;11D2;. The van der Waals surface area contributed by atoms with Gasteiger partial charge in [0, 0.05) is 35.8 Å². The van der Waals surface area contributed by atoms with E-state index in [1.807, 2.05) is 127 Å². The third-order valence-electron chi connectivity index (χ3n) is 8.37. The molecule has 5 heteroatoms. The normalized spacial score (nSPS) is 15.1. The fourth-order valence-corrected chi connectivity index (χ4v) is 8.63. The van der Waals surface area contributed by atoms with E-state index in [2.05, 4.69) is 39.4 Å². The van der Waals surface area contributed by atoms with Gasteiger partial charge in [-0.05, 0) is 47.5 Å². The smallest absolute Gasteiger partial charge is 0.121 e. The van der Waals surface area contributed by atoms with Crippen molar-refractivity contribution in [2.45, 2.75) is 84.4 Å². The minimum atomic E-state index is -2.20. The van der Waals surface area contributed by atoms with Gasteiger partial charge >= 0.3 is 128 Å². The van der Waals surface area contributed by atoms with E-state index in [0.29, 0.717) is 16.7 Å². The predicted molar refractivity (Wildman–Crippen MR) is 208 cm³/mol. The van der Waals surface area contributed by atoms with Gasteiger partial charge in [-0.1, -0.05) is 69.3 Å².